The van der Waals surface area contributed by atoms with E-state index in [1.165, 1.54) is 0 Å². The van der Waals surface area contributed by atoms with Crippen LogP contribution >= 0.6 is 11.6 Å². The molecule has 2 heterocycles. The number of amidine groups is 1. The van der Waals surface area contributed by atoms with Gasteiger partial charge in [-0.25, -0.2) is 9.67 Å². The summed E-state index contributed by atoms with van der Waals surface area (Å²) in [7, 11) is 0. The first kappa shape index (κ1) is 12.4. The number of oxime groups is 1. The number of aryl methyl sites for hydroxylation is 1. The molecule has 3 N–H and O–H groups in total. The Balaban J connectivity index is 2.55. The highest BCUT2D eigenvalue weighted by Gasteiger charge is 2.12. The van der Waals surface area contributed by atoms with Crippen LogP contribution in [0.25, 0.3) is 5.82 Å². The largest absolute Gasteiger partial charge is 0.409 e. The second-order valence-corrected chi connectivity index (χ2v) is 4.16. The Labute approximate surface area is 109 Å². The second kappa shape index (κ2) is 4.66. The summed E-state index contributed by atoms with van der Waals surface area (Å²) in [5, 5.41) is 16.5. The van der Waals surface area contributed by atoms with Crippen LogP contribution in [-0.4, -0.2) is 25.8 Å². The lowest BCUT2D eigenvalue weighted by molar-refractivity contribution is 0.318. The number of pyridine rings is 1. The molecule has 0 bridgehead atoms. The van der Waals surface area contributed by atoms with Gasteiger partial charge in [0.2, 0.25) is 0 Å². The van der Waals surface area contributed by atoms with Gasteiger partial charge in [0.15, 0.2) is 11.7 Å². The molecule has 0 radical (unpaired) electrons. The monoisotopic (exact) mass is 265 g/mol. The molecule has 0 aliphatic rings. The summed E-state index contributed by atoms with van der Waals surface area (Å²) in [5.74, 6) is 0.581. The van der Waals surface area contributed by atoms with Crippen molar-refractivity contribution in [1.29, 1.82) is 0 Å². The summed E-state index contributed by atoms with van der Waals surface area (Å²) in [6, 6.07) is 3.32. The molecule has 18 heavy (non-hydrogen) atoms. The van der Waals surface area contributed by atoms with E-state index in [0.717, 1.165) is 11.4 Å². The van der Waals surface area contributed by atoms with Crippen LogP contribution in [-0.2, 0) is 0 Å². The normalized spacial score (nSPS) is 11.8. The summed E-state index contributed by atoms with van der Waals surface area (Å²) in [6.07, 6.45) is 1.56. The van der Waals surface area contributed by atoms with E-state index in [4.69, 9.17) is 22.5 Å². The number of aromatic nitrogens is 3. The van der Waals surface area contributed by atoms with Crippen molar-refractivity contribution in [2.24, 2.45) is 10.9 Å². The number of hydrogen-bond donors (Lipinski definition) is 2. The molecule has 0 fully saturated rings. The van der Waals surface area contributed by atoms with E-state index in [2.05, 4.69) is 15.2 Å². The molecular formula is C11H12ClN5O. The Bertz CT molecular complexity index is 620. The molecule has 0 aliphatic heterocycles. The summed E-state index contributed by atoms with van der Waals surface area (Å²) >= 11 is 6.08. The number of rotatable bonds is 2. The highest BCUT2D eigenvalue weighted by molar-refractivity contribution is 6.31. The van der Waals surface area contributed by atoms with E-state index in [0.29, 0.717) is 16.4 Å². The van der Waals surface area contributed by atoms with Crippen molar-refractivity contribution >= 4 is 17.4 Å². The Morgan fingerprint density at radius 3 is 2.78 bits per heavy atom. The summed E-state index contributed by atoms with van der Waals surface area (Å²) < 4.78 is 1.62. The van der Waals surface area contributed by atoms with Gasteiger partial charge in [-0.1, -0.05) is 16.8 Å². The molecule has 0 amide bonds. The van der Waals surface area contributed by atoms with Crippen LogP contribution in [0.3, 0.4) is 0 Å². The quantitative estimate of drug-likeness (QED) is 0.374. The maximum Gasteiger partial charge on any atom is 0.170 e. The first-order valence-corrected chi connectivity index (χ1v) is 5.58. The topological polar surface area (TPSA) is 89.3 Å². The van der Waals surface area contributed by atoms with Crippen LogP contribution in [0.15, 0.2) is 23.5 Å². The van der Waals surface area contributed by atoms with E-state index in [1.807, 2.05) is 13.8 Å². The molecule has 0 unspecified atom stereocenters. The lowest BCUT2D eigenvalue weighted by atomic mass is 10.2. The predicted octanol–water partition coefficient (Wildman–Crippen LogP) is 1.63. The SMILES string of the molecule is Cc1nn(-c2cc(C(N)=NO)ccn2)c(C)c1Cl. The van der Waals surface area contributed by atoms with Gasteiger partial charge in [0.25, 0.3) is 0 Å². The van der Waals surface area contributed by atoms with Gasteiger partial charge < -0.3 is 10.9 Å². The van der Waals surface area contributed by atoms with Crippen molar-refractivity contribution in [2.75, 3.05) is 0 Å². The Hall–Kier alpha value is -2.08. The lowest BCUT2D eigenvalue weighted by Crippen LogP contribution is -2.14. The molecule has 0 spiro atoms. The average molecular weight is 266 g/mol. The third-order valence-electron chi connectivity index (χ3n) is 2.57. The molecule has 0 saturated carbocycles. The molecule has 94 valence electrons. The minimum absolute atomic E-state index is 0.0197. The standard InChI is InChI=1S/C11H12ClN5O/c1-6-10(12)7(2)17(15-6)9-5-8(3-4-14-9)11(13)16-18/h3-5,18H,1-2H3,(H2,13,16). The maximum atomic E-state index is 8.65. The summed E-state index contributed by atoms with van der Waals surface area (Å²) in [4.78, 5) is 4.19. The van der Waals surface area contributed by atoms with Crippen LogP contribution in [0.2, 0.25) is 5.02 Å². The molecule has 6 nitrogen and oxygen atoms in total. The molecule has 2 rings (SSSR count). The fraction of sp³-hybridized carbons (Fsp3) is 0.182. The Morgan fingerprint density at radius 1 is 1.50 bits per heavy atom. The molecule has 0 aromatic carbocycles. The van der Waals surface area contributed by atoms with Gasteiger partial charge in [-0.15, -0.1) is 0 Å². The Morgan fingerprint density at radius 2 is 2.22 bits per heavy atom. The molecule has 0 aliphatic carbocycles. The van der Waals surface area contributed by atoms with Gasteiger partial charge in [-0.05, 0) is 26.0 Å². The van der Waals surface area contributed by atoms with Crippen LogP contribution in [0.1, 0.15) is 17.0 Å². The fourth-order valence-corrected chi connectivity index (χ4v) is 1.72. The molecule has 0 atom stereocenters. The first-order chi connectivity index (χ1) is 8.54. The van der Waals surface area contributed by atoms with Crippen molar-refractivity contribution < 1.29 is 5.21 Å². The van der Waals surface area contributed by atoms with Crippen molar-refractivity contribution in [3.63, 3.8) is 0 Å². The summed E-state index contributed by atoms with van der Waals surface area (Å²) in [6.45, 7) is 3.67. The van der Waals surface area contributed by atoms with Crippen LogP contribution in [0.4, 0.5) is 0 Å². The number of nitrogens with zero attached hydrogens (tertiary/aromatic N) is 4. The number of hydrogen-bond acceptors (Lipinski definition) is 4. The minimum Gasteiger partial charge on any atom is -0.409 e. The van der Waals surface area contributed by atoms with Gasteiger partial charge in [0.1, 0.15) is 0 Å². The maximum absolute atomic E-state index is 8.65. The zero-order valence-electron chi connectivity index (χ0n) is 9.92. The zero-order valence-corrected chi connectivity index (χ0v) is 10.7. The van der Waals surface area contributed by atoms with Crippen molar-refractivity contribution in [3.8, 4) is 5.82 Å². The third kappa shape index (κ3) is 2.02. The number of nitrogens with two attached hydrogens (primary N) is 1. The lowest BCUT2D eigenvalue weighted by Gasteiger charge is -2.05. The van der Waals surface area contributed by atoms with Gasteiger partial charge >= 0.3 is 0 Å². The first-order valence-electron chi connectivity index (χ1n) is 5.20. The molecular weight excluding hydrogens is 254 g/mol. The molecule has 0 saturated heterocycles. The fourth-order valence-electron chi connectivity index (χ4n) is 1.60. The van der Waals surface area contributed by atoms with E-state index in [1.54, 1.807) is 23.0 Å². The van der Waals surface area contributed by atoms with Crippen LogP contribution in [0.5, 0.6) is 0 Å². The number of halogens is 1. The molecule has 2 aromatic rings. The van der Waals surface area contributed by atoms with E-state index >= 15 is 0 Å². The van der Waals surface area contributed by atoms with Gasteiger partial charge in [0, 0.05) is 11.8 Å². The second-order valence-electron chi connectivity index (χ2n) is 3.78. The van der Waals surface area contributed by atoms with E-state index in [9.17, 15) is 0 Å². The predicted molar refractivity (Wildman–Crippen MR) is 68.4 cm³/mol. The average Bonchev–Trinajstić information content (AvgIpc) is 2.66. The van der Waals surface area contributed by atoms with Gasteiger partial charge in [0.05, 0.1) is 16.4 Å². The summed E-state index contributed by atoms with van der Waals surface area (Å²) in [5.41, 5.74) is 7.61. The highest BCUT2D eigenvalue weighted by Crippen LogP contribution is 2.21. The van der Waals surface area contributed by atoms with E-state index in [-0.39, 0.29) is 5.84 Å². The van der Waals surface area contributed by atoms with Crippen LogP contribution in [0, 0.1) is 13.8 Å². The van der Waals surface area contributed by atoms with Crippen molar-refractivity contribution in [2.45, 2.75) is 13.8 Å². The van der Waals surface area contributed by atoms with Crippen molar-refractivity contribution in [3.05, 3.63) is 40.3 Å². The molecule has 7 heteroatoms. The van der Waals surface area contributed by atoms with Crippen LogP contribution < -0.4 is 5.73 Å². The highest BCUT2D eigenvalue weighted by atomic mass is 35.5. The van der Waals surface area contributed by atoms with Crippen molar-refractivity contribution in [1.82, 2.24) is 14.8 Å². The van der Waals surface area contributed by atoms with Gasteiger partial charge in [-0.2, -0.15) is 5.10 Å². The zero-order chi connectivity index (χ0) is 13.3. The molecule has 2 aromatic heterocycles. The Kier molecular flexibility index (Phi) is 3.20. The smallest absolute Gasteiger partial charge is 0.170 e. The van der Waals surface area contributed by atoms with Gasteiger partial charge in [-0.3, -0.25) is 0 Å². The minimum atomic E-state index is 0.0197. The van der Waals surface area contributed by atoms with E-state index < -0.39 is 0 Å². The third-order valence-corrected chi connectivity index (χ3v) is 3.12.